The molecule has 0 bridgehead atoms. The quantitative estimate of drug-likeness (QED) is 0.827. The number of pyridine rings is 1. The monoisotopic (exact) mass is 272 g/mol. The van der Waals surface area contributed by atoms with Crippen LogP contribution in [0.2, 0.25) is 0 Å². The van der Waals surface area contributed by atoms with E-state index in [1.54, 1.807) is 11.1 Å². The van der Waals surface area contributed by atoms with Gasteiger partial charge < -0.3 is 14.6 Å². The van der Waals surface area contributed by atoms with E-state index in [1.165, 1.54) is 0 Å². The number of fused-ring (bicyclic) bond motifs is 1. The Morgan fingerprint density at radius 1 is 1.40 bits per heavy atom. The third kappa shape index (κ3) is 2.24. The molecule has 1 fully saturated rings. The van der Waals surface area contributed by atoms with Gasteiger partial charge in [0, 0.05) is 25.0 Å². The largest absolute Gasteiger partial charge is 0.354 e. The predicted octanol–water partition coefficient (Wildman–Crippen LogP) is 0.605. The van der Waals surface area contributed by atoms with Gasteiger partial charge in [-0.05, 0) is 25.5 Å². The van der Waals surface area contributed by atoms with Crippen LogP contribution in [0.4, 0.5) is 0 Å². The van der Waals surface area contributed by atoms with Crippen molar-refractivity contribution in [2.24, 2.45) is 0 Å². The van der Waals surface area contributed by atoms with Gasteiger partial charge in [0.15, 0.2) is 0 Å². The van der Waals surface area contributed by atoms with E-state index in [0.29, 0.717) is 18.8 Å². The summed E-state index contributed by atoms with van der Waals surface area (Å²) in [5.74, 6) is -0.305. The van der Waals surface area contributed by atoms with Crippen LogP contribution in [-0.4, -0.2) is 45.7 Å². The maximum absolute atomic E-state index is 12.4. The van der Waals surface area contributed by atoms with E-state index in [0.717, 1.165) is 17.8 Å². The number of carbonyl (C=O) groups excluding carboxylic acids is 2. The third-order valence-corrected chi connectivity index (χ3v) is 3.46. The van der Waals surface area contributed by atoms with Crippen LogP contribution in [0.25, 0.3) is 5.65 Å². The van der Waals surface area contributed by atoms with Gasteiger partial charge in [-0.2, -0.15) is 0 Å². The van der Waals surface area contributed by atoms with Gasteiger partial charge >= 0.3 is 0 Å². The highest BCUT2D eigenvalue weighted by Gasteiger charge is 2.23. The molecule has 2 aromatic heterocycles. The van der Waals surface area contributed by atoms with Gasteiger partial charge in [-0.3, -0.25) is 9.59 Å². The van der Waals surface area contributed by atoms with Crippen LogP contribution >= 0.6 is 0 Å². The normalized spacial score (nSPS) is 16.1. The molecule has 2 aromatic rings. The van der Waals surface area contributed by atoms with Crippen LogP contribution in [-0.2, 0) is 4.79 Å². The fraction of sp³-hybridized carbons (Fsp3) is 0.357. The van der Waals surface area contributed by atoms with Crippen molar-refractivity contribution < 1.29 is 9.59 Å². The van der Waals surface area contributed by atoms with Crippen molar-refractivity contribution in [3.05, 3.63) is 35.8 Å². The summed E-state index contributed by atoms with van der Waals surface area (Å²) in [6, 6.07) is 5.73. The summed E-state index contributed by atoms with van der Waals surface area (Å²) in [6.45, 7) is 3.26. The molecule has 1 N–H and O–H groups in total. The molecule has 0 saturated carbocycles. The molecule has 104 valence electrons. The summed E-state index contributed by atoms with van der Waals surface area (Å²) in [6.07, 6.45) is 2.50. The molecular weight excluding hydrogens is 256 g/mol. The fourth-order valence-electron chi connectivity index (χ4n) is 2.39. The highest BCUT2D eigenvalue weighted by atomic mass is 16.2. The van der Waals surface area contributed by atoms with Crippen molar-refractivity contribution in [3.63, 3.8) is 0 Å². The summed E-state index contributed by atoms with van der Waals surface area (Å²) in [4.78, 5) is 29.9. The topological polar surface area (TPSA) is 66.7 Å². The highest BCUT2D eigenvalue weighted by Crippen LogP contribution is 2.11. The summed E-state index contributed by atoms with van der Waals surface area (Å²) in [5, 5.41) is 2.76. The molecule has 0 radical (unpaired) electrons. The van der Waals surface area contributed by atoms with Gasteiger partial charge in [-0.25, -0.2) is 4.98 Å². The van der Waals surface area contributed by atoms with E-state index in [2.05, 4.69) is 10.3 Å². The first-order valence-corrected chi connectivity index (χ1v) is 6.66. The molecule has 0 spiro atoms. The molecule has 0 atom stereocenters. The van der Waals surface area contributed by atoms with E-state index < -0.39 is 0 Å². The molecule has 0 aliphatic carbocycles. The van der Waals surface area contributed by atoms with E-state index >= 15 is 0 Å². The van der Waals surface area contributed by atoms with E-state index in [1.807, 2.05) is 29.5 Å². The van der Waals surface area contributed by atoms with Gasteiger partial charge in [0.1, 0.15) is 11.3 Å². The maximum atomic E-state index is 12.4. The Hall–Kier alpha value is -2.37. The number of amides is 2. The number of hydrogen-bond acceptors (Lipinski definition) is 3. The first kappa shape index (κ1) is 12.7. The van der Waals surface area contributed by atoms with Crippen molar-refractivity contribution in [1.29, 1.82) is 0 Å². The first-order valence-electron chi connectivity index (χ1n) is 6.66. The van der Waals surface area contributed by atoms with Gasteiger partial charge in [-0.15, -0.1) is 0 Å². The second kappa shape index (κ2) is 4.96. The average Bonchev–Trinajstić information content (AvgIpc) is 2.75. The number of rotatable bonds is 1. The van der Waals surface area contributed by atoms with Gasteiger partial charge in [-0.1, -0.05) is 6.07 Å². The van der Waals surface area contributed by atoms with Crippen molar-refractivity contribution in [1.82, 2.24) is 19.6 Å². The Kier molecular flexibility index (Phi) is 3.14. The Bertz CT molecular complexity index is 677. The number of aryl methyl sites for hydroxylation is 1. The maximum Gasteiger partial charge on any atom is 0.274 e. The lowest BCUT2D eigenvalue weighted by Gasteiger charge is -2.17. The predicted molar refractivity (Wildman–Crippen MR) is 73.5 cm³/mol. The zero-order valence-corrected chi connectivity index (χ0v) is 11.3. The van der Waals surface area contributed by atoms with E-state index in [4.69, 9.17) is 0 Å². The Labute approximate surface area is 116 Å². The van der Waals surface area contributed by atoms with Crippen LogP contribution in [0.3, 0.4) is 0 Å². The second-order valence-electron chi connectivity index (χ2n) is 4.95. The second-order valence-corrected chi connectivity index (χ2v) is 4.95. The standard InChI is InChI=1S/C14H16N4O2/c1-10-4-2-5-12-16-11(8-18(10)12)14(20)17-7-3-6-15-13(19)9-17/h2,4-5,8H,3,6-7,9H2,1H3,(H,15,19). The molecule has 3 rings (SSSR count). The van der Waals surface area contributed by atoms with Gasteiger partial charge in [0.05, 0.1) is 6.54 Å². The van der Waals surface area contributed by atoms with E-state index in [-0.39, 0.29) is 18.4 Å². The lowest BCUT2D eigenvalue weighted by molar-refractivity contribution is -0.121. The molecule has 1 aliphatic rings. The Morgan fingerprint density at radius 2 is 2.25 bits per heavy atom. The van der Waals surface area contributed by atoms with Gasteiger partial charge in [0.25, 0.3) is 5.91 Å². The van der Waals surface area contributed by atoms with Crippen LogP contribution in [0, 0.1) is 6.92 Å². The highest BCUT2D eigenvalue weighted by molar-refractivity contribution is 5.95. The minimum absolute atomic E-state index is 0.103. The lowest BCUT2D eigenvalue weighted by Crippen LogP contribution is -2.37. The zero-order valence-electron chi connectivity index (χ0n) is 11.3. The Morgan fingerprint density at radius 3 is 3.05 bits per heavy atom. The number of aromatic nitrogens is 2. The molecule has 2 amide bonds. The van der Waals surface area contributed by atoms with Gasteiger partial charge in [0.2, 0.25) is 5.91 Å². The van der Waals surface area contributed by atoms with Crippen LogP contribution in [0.1, 0.15) is 22.6 Å². The SMILES string of the molecule is Cc1cccc2nc(C(=O)N3CCCNC(=O)C3)cn12. The number of carbonyl (C=O) groups is 2. The van der Waals surface area contributed by atoms with E-state index in [9.17, 15) is 9.59 Å². The zero-order chi connectivity index (χ0) is 14.1. The smallest absolute Gasteiger partial charge is 0.274 e. The number of hydrogen-bond donors (Lipinski definition) is 1. The lowest BCUT2D eigenvalue weighted by atomic mass is 10.3. The number of nitrogens with zero attached hydrogens (tertiary/aromatic N) is 3. The minimum atomic E-state index is -0.190. The number of nitrogens with one attached hydrogen (secondary N) is 1. The first-order chi connectivity index (χ1) is 9.65. The Balaban J connectivity index is 1.91. The van der Waals surface area contributed by atoms with Crippen molar-refractivity contribution in [2.45, 2.75) is 13.3 Å². The van der Waals surface area contributed by atoms with Crippen molar-refractivity contribution >= 4 is 17.5 Å². The molecule has 3 heterocycles. The molecule has 0 unspecified atom stereocenters. The average molecular weight is 272 g/mol. The molecule has 1 aliphatic heterocycles. The molecule has 6 nitrogen and oxygen atoms in total. The third-order valence-electron chi connectivity index (χ3n) is 3.46. The van der Waals surface area contributed by atoms with Crippen molar-refractivity contribution in [3.8, 4) is 0 Å². The van der Waals surface area contributed by atoms with Crippen LogP contribution < -0.4 is 5.32 Å². The summed E-state index contributed by atoms with van der Waals surface area (Å²) >= 11 is 0. The van der Waals surface area contributed by atoms with Crippen LogP contribution in [0.15, 0.2) is 24.4 Å². The summed E-state index contributed by atoms with van der Waals surface area (Å²) < 4.78 is 1.88. The molecule has 1 saturated heterocycles. The summed E-state index contributed by atoms with van der Waals surface area (Å²) in [5.41, 5.74) is 2.14. The molecule has 6 heteroatoms. The number of imidazole rings is 1. The van der Waals surface area contributed by atoms with Crippen LogP contribution in [0.5, 0.6) is 0 Å². The molecule has 20 heavy (non-hydrogen) atoms. The summed E-state index contributed by atoms with van der Waals surface area (Å²) in [7, 11) is 0. The molecular formula is C14H16N4O2. The van der Waals surface area contributed by atoms with Crippen molar-refractivity contribution in [2.75, 3.05) is 19.6 Å². The minimum Gasteiger partial charge on any atom is -0.354 e. The fourth-order valence-corrected chi connectivity index (χ4v) is 2.39. The molecule has 0 aromatic carbocycles.